The van der Waals surface area contributed by atoms with Crippen LogP contribution in [0.15, 0.2) is 18.2 Å². The number of benzene rings is 1. The van der Waals surface area contributed by atoms with E-state index in [-0.39, 0.29) is 50.6 Å². The van der Waals surface area contributed by atoms with Crippen molar-refractivity contribution in [2.45, 2.75) is 37.9 Å². The number of halogens is 1. The largest absolute Gasteiger partial charge is 0.442 e. The molecule has 0 bridgehead atoms. The Morgan fingerprint density at radius 1 is 1.39 bits per heavy atom. The van der Waals surface area contributed by atoms with Crippen molar-refractivity contribution in [1.29, 1.82) is 0 Å². The van der Waals surface area contributed by atoms with E-state index in [1.807, 2.05) is 0 Å². The van der Waals surface area contributed by atoms with E-state index in [0.717, 1.165) is 0 Å². The highest BCUT2D eigenvalue weighted by Gasteiger charge is 2.36. The standard InChI is InChI=1S/C19H24FN3O7S/c1-12(24)21-10-14-11-23(18(26)29-14)13-2-3-16(15(20)8-13)22-6-4-19(27,5-7-22)9-17(25)30-31-28/h2-3,8,14,27-28H,4-7,9-11H2,1H3,(H,21,24)/t14-/m0/s1. The number of rotatable bonds is 7. The number of carbonyl (C=O) groups excluding carboxylic acids is 3. The molecule has 0 aromatic heterocycles. The molecule has 2 heterocycles. The maximum atomic E-state index is 14.8. The maximum Gasteiger partial charge on any atom is 0.414 e. The third-order valence-electron chi connectivity index (χ3n) is 5.33. The number of carbonyl (C=O) groups is 3. The molecule has 2 amide bonds. The number of nitrogens with zero attached hydrogens (tertiary/aromatic N) is 2. The summed E-state index contributed by atoms with van der Waals surface area (Å²) in [6.07, 6.45) is -0.939. The lowest BCUT2D eigenvalue weighted by Crippen LogP contribution is -2.46. The van der Waals surface area contributed by atoms with Gasteiger partial charge in [0, 0.05) is 20.0 Å². The van der Waals surface area contributed by atoms with Crippen molar-refractivity contribution >= 4 is 41.7 Å². The van der Waals surface area contributed by atoms with Crippen LogP contribution in [0.1, 0.15) is 26.2 Å². The fraction of sp³-hybridized carbons (Fsp3) is 0.526. The highest BCUT2D eigenvalue weighted by Crippen LogP contribution is 2.33. The molecule has 0 unspecified atom stereocenters. The summed E-state index contributed by atoms with van der Waals surface area (Å²) < 4.78 is 32.9. The van der Waals surface area contributed by atoms with Gasteiger partial charge >= 0.3 is 12.1 Å². The van der Waals surface area contributed by atoms with Crippen molar-refractivity contribution < 1.29 is 37.4 Å². The minimum atomic E-state index is -1.28. The third-order valence-corrected chi connectivity index (χ3v) is 5.59. The number of anilines is 2. The summed E-state index contributed by atoms with van der Waals surface area (Å²) in [6, 6.07) is 4.41. The molecule has 1 aromatic rings. The van der Waals surface area contributed by atoms with Gasteiger partial charge in [0.1, 0.15) is 11.9 Å². The Morgan fingerprint density at radius 3 is 2.71 bits per heavy atom. The zero-order valence-corrected chi connectivity index (χ0v) is 17.7. The van der Waals surface area contributed by atoms with E-state index in [0.29, 0.717) is 24.5 Å². The molecule has 2 fully saturated rings. The predicted molar refractivity (Wildman–Crippen MR) is 110 cm³/mol. The summed E-state index contributed by atoms with van der Waals surface area (Å²) in [4.78, 5) is 37.7. The zero-order chi connectivity index (χ0) is 22.6. The lowest BCUT2D eigenvalue weighted by molar-refractivity contribution is -0.139. The Labute approximate surface area is 182 Å². The predicted octanol–water partition coefficient (Wildman–Crippen LogP) is 1.67. The van der Waals surface area contributed by atoms with Crippen LogP contribution in [-0.4, -0.2) is 65.5 Å². The van der Waals surface area contributed by atoms with Crippen molar-refractivity contribution in [3.05, 3.63) is 24.0 Å². The first-order valence-electron chi connectivity index (χ1n) is 9.71. The first kappa shape index (κ1) is 23.1. The molecule has 3 N–H and O–H groups in total. The summed E-state index contributed by atoms with van der Waals surface area (Å²) in [6.45, 7) is 2.37. The van der Waals surface area contributed by atoms with Gasteiger partial charge < -0.3 is 24.2 Å². The van der Waals surface area contributed by atoms with Crippen LogP contribution in [-0.2, 0) is 18.5 Å². The van der Waals surface area contributed by atoms with Crippen LogP contribution in [0, 0.1) is 5.82 Å². The zero-order valence-electron chi connectivity index (χ0n) is 16.9. The Kier molecular flexibility index (Phi) is 7.23. The molecular weight excluding hydrogens is 433 g/mol. The average Bonchev–Trinajstić information content (AvgIpc) is 3.08. The summed E-state index contributed by atoms with van der Waals surface area (Å²) >= 11 is -0.0638. The smallest absolute Gasteiger partial charge is 0.414 e. The number of nitrogens with one attached hydrogen (secondary N) is 1. The van der Waals surface area contributed by atoms with Gasteiger partial charge in [-0.05, 0) is 31.0 Å². The summed E-state index contributed by atoms with van der Waals surface area (Å²) in [5.41, 5.74) is -0.613. The molecule has 2 saturated heterocycles. The normalized spacial score (nSPS) is 20.4. The van der Waals surface area contributed by atoms with E-state index < -0.39 is 29.6 Å². The highest BCUT2D eigenvalue weighted by molar-refractivity contribution is 7.89. The molecule has 2 aliphatic heterocycles. The highest BCUT2D eigenvalue weighted by atomic mass is 32.2. The van der Waals surface area contributed by atoms with Gasteiger partial charge in [0.15, 0.2) is 0 Å². The minimum Gasteiger partial charge on any atom is -0.442 e. The molecule has 2 aliphatic rings. The van der Waals surface area contributed by atoms with Gasteiger partial charge in [0.05, 0.1) is 36.5 Å². The van der Waals surface area contributed by atoms with Gasteiger partial charge in [0.25, 0.3) is 0 Å². The Bertz CT molecular complexity index is 848. The molecule has 10 nitrogen and oxygen atoms in total. The molecule has 0 radical (unpaired) electrons. The Morgan fingerprint density at radius 2 is 2.10 bits per heavy atom. The number of hydrogen-bond acceptors (Lipinski definition) is 9. The van der Waals surface area contributed by atoms with Crippen LogP contribution in [0.3, 0.4) is 0 Å². The van der Waals surface area contributed by atoms with E-state index in [9.17, 15) is 23.9 Å². The fourth-order valence-electron chi connectivity index (χ4n) is 3.70. The topological polar surface area (TPSA) is 129 Å². The van der Waals surface area contributed by atoms with Crippen LogP contribution in [0.2, 0.25) is 0 Å². The molecule has 0 spiro atoms. The maximum absolute atomic E-state index is 14.8. The van der Waals surface area contributed by atoms with Crippen LogP contribution in [0.5, 0.6) is 0 Å². The van der Waals surface area contributed by atoms with Gasteiger partial charge in [0.2, 0.25) is 18.2 Å². The van der Waals surface area contributed by atoms with Crippen LogP contribution >= 0.6 is 12.3 Å². The molecule has 12 heteroatoms. The molecule has 3 rings (SSSR count). The van der Waals surface area contributed by atoms with Crippen molar-refractivity contribution in [3.8, 4) is 0 Å². The van der Waals surface area contributed by atoms with E-state index in [1.165, 1.54) is 17.9 Å². The van der Waals surface area contributed by atoms with Gasteiger partial charge in [-0.25, -0.2) is 9.18 Å². The number of cyclic esters (lactones) is 1. The lowest BCUT2D eigenvalue weighted by Gasteiger charge is -2.38. The Hall–Kier alpha value is -2.57. The quantitative estimate of drug-likeness (QED) is 0.524. The summed E-state index contributed by atoms with van der Waals surface area (Å²) in [7, 11) is 0. The molecule has 0 saturated carbocycles. The van der Waals surface area contributed by atoms with Crippen molar-refractivity contribution in [1.82, 2.24) is 5.32 Å². The fourth-order valence-corrected chi connectivity index (χ4v) is 3.84. The number of amides is 2. The molecule has 0 aliphatic carbocycles. The number of ether oxygens (including phenoxy) is 1. The van der Waals surface area contributed by atoms with Gasteiger partial charge in [-0.15, -0.1) is 0 Å². The monoisotopic (exact) mass is 457 g/mol. The van der Waals surface area contributed by atoms with Crippen LogP contribution in [0.4, 0.5) is 20.6 Å². The van der Waals surface area contributed by atoms with Crippen molar-refractivity contribution in [2.75, 3.05) is 36.0 Å². The second-order valence-electron chi connectivity index (χ2n) is 7.61. The van der Waals surface area contributed by atoms with Crippen molar-refractivity contribution in [2.24, 2.45) is 0 Å². The summed E-state index contributed by atoms with van der Waals surface area (Å²) in [5, 5.41) is 13.1. The van der Waals surface area contributed by atoms with Gasteiger partial charge in [-0.2, -0.15) is 0 Å². The first-order chi connectivity index (χ1) is 14.7. The molecular formula is C19H24FN3O7S. The number of hydrogen-bond donors (Lipinski definition) is 3. The molecule has 1 atom stereocenters. The van der Waals surface area contributed by atoms with Crippen LogP contribution in [0.25, 0.3) is 0 Å². The van der Waals surface area contributed by atoms with Crippen LogP contribution < -0.4 is 15.1 Å². The third kappa shape index (κ3) is 5.77. The summed E-state index contributed by atoms with van der Waals surface area (Å²) in [5.74, 6) is -1.49. The van der Waals surface area contributed by atoms with E-state index in [2.05, 4.69) is 9.50 Å². The SMILES string of the molecule is CC(=O)NC[C@H]1CN(c2ccc(N3CCC(O)(CC(=O)OSO)CC3)c(F)c2)C(=O)O1. The van der Waals surface area contributed by atoms with Gasteiger partial charge in [-0.3, -0.25) is 19.0 Å². The second kappa shape index (κ2) is 9.71. The van der Waals surface area contributed by atoms with Crippen molar-refractivity contribution in [3.63, 3.8) is 0 Å². The van der Waals surface area contributed by atoms with E-state index in [4.69, 9.17) is 9.29 Å². The molecule has 1 aromatic carbocycles. The Balaban J connectivity index is 1.61. The molecule has 170 valence electrons. The van der Waals surface area contributed by atoms with E-state index >= 15 is 0 Å². The average molecular weight is 457 g/mol. The minimum absolute atomic E-state index is 0.0638. The molecule has 31 heavy (non-hydrogen) atoms. The van der Waals surface area contributed by atoms with E-state index in [1.54, 1.807) is 17.0 Å². The second-order valence-corrected chi connectivity index (χ2v) is 7.92. The number of aliphatic hydroxyl groups is 1. The van der Waals surface area contributed by atoms with Gasteiger partial charge in [-0.1, -0.05) is 0 Å². The number of piperidine rings is 1. The lowest BCUT2D eigenvalue weighted by atomic mass is 9.88. The first-order valence-corrected chi connectivity index (χ1v) is 10.4.